The van der Waals surface area contributed by atoms with Crippen LogP contribution in [0, 0.1) is 11.3 Å². The highest BCUT2D eigenvalue weighted by Gasteiger charge is 2.22. The quantitative estimate of drug-likeness (QED) is 0.830. The number of fused-ring (bicyclic) bond motifs is 1. The molecule has 0 N–H and O–H groups in total. The second kappa shape index (κ2) is 5.34. The molecule has 21 heavy (non-hydrogen) atoms. The van der Waals surface area contributed by atoms with Gasteiger partial charge in [0.25, 0.3) is 5.56 Å². The molecule has 3 rings (SSSR count). The van der Waals surface area contributed by atoms with E-state index in [-0.39, 0.29) is 17.8 Å². The van der Waals surface area contributed by atoms with Crippen LogP contribution in [0.2, 0.25) is 0 Å². The second-order valence-electron chi connectivity index (χ2n) is 4.99. The summed E-state index contributed by atoms with van der Waals surface area (Å²) in [7, 11) is 0. The van der Waals surface area contributed by atoms with Gasteiger partial charge in [0.2, 0.25) is 0 Å². The highest BCUT2D eigenvalue weighted by atomic mass is 79.9. The predicted octanol–water partition coefficient (Wildman–Crippen LogP) is 1.64. The molecular weight excluding hydrogens is 334 g/mol. The molecule has 106 valence electrons. The average Bonchev–Trinajstić information content (AvgIpc) is 2.95. The van der Waals surface area contributed by atoms with Gasteiger partial charge >= 0.3 is 5.69 Å². The summed E-state index contributed by atoms with van der Waals surface area (Å²) in [5, 5.41) is 9.22. The van der Waals surface area contributed by atoms with E-state index < -0.39 is 5.56 Å². The highest BCUT2D eigenvalue weighted by molar-refractivity contribution is 9.10. The van der Waals surface area contributed by atoms with Crippen molar-refractivity contribution in [2.24, 2.45) is 0 Å². The number of nitriles is 1. The van der Waals surface area contributed by atoms with Crippen LogP contribution in [0.15, 0.2) is 38.3 Å². The molecule has 1 aliphatic rings. The van der Waals surface area contributed by atoms with Crippen molar-refractivity contribution in [3.05, 3.63) is 66.4 Å². The van der Waals surface area contributed by atoms with Crippen LogP contribution in [0.5, 0.6) is 0 Å². The molecule has 0 atom stereocenters. The van der Waals surface area contributed by atoms with E-state index in [1.165, 1.54) is 0 Å². The van der Waals surface area contributed by atoms with Crippen LogP contribution in [0.1, 0.15) is 23.2 Å². The standard InChI is InChI=1S/C15H12BrN3O2/c16-11-5-3-10(4-6-11)9-19-14(20)12(8-17)13-2-1-7-18(13)15(19)21/h3-6H,1-2,7,9H2. The Bertz CT molecular complexity index is 857. The van der Waals surface area contributed by atoms with Crippen LogP contribution >= 0.6 is 15.9 Å². The van der Waals surface area contributed by atoms with Gasteiger partial charge in [0, 0.05) is 16.7 Å². The van der Waals surface area contributed by atoms with Crippen molar-refractivity contribution < 1.29 is 0 Å². The summed E-state index contributed by atoms with van der Waals surface area (Å²) in [5.74, 6) is 0. The molecule has 0 fully saturated rings. The Hall–Kier alpha value is -2.13. The van der Waals surface area contributed by atoms with Gasteiger partial charge in [-0.15, -0.1) is 0 Å². The summed E-state index contributed by atoms with van der Waals surface area (Å²) in [4.78, 5) is 24.8. The van der Waals surface area contributed by atoms with Crippen LogP contribution in [-0.4, -0.2) is 9.13 Å². The number of benzene rings is 1. The van der Waals surface area contributed by atoms with Crippen LogP contribution in [0.4, 0.5) is 0 Å². The fourth-order valence-corrected chi connectivity index (χ4v) is 2.93. The molecule has 0 saturated heterocycles. The molecule has 0 aliphatic carbocycles. The van der Waals surface area contributed by atoms with Gasteiger partial charge in [-0.3, -0.25) is 13.9 Å². The van der Waals surface area contributed by atoms with E-state index in [0.29, 0.717) is 18.7 Å². The summed E-state index contributed by atoms with van der Waals surface area (Å²) < 4.78 is 3.64. The number of hydrogen-bond donors (Lipinski definition) is 0. The lowest BCUT2D eigenvalue weighted by molar-refractivity contribution is 0.602. The van der Waals surface area contributed by atoms with Gasteiger partial charge in [-0.1, -0.05) is 28.1 Å². The Morgan fingerprint density at radius 2 is 1.95 bits per heavy atom. The predicted molar refractivity (Wildman–Crippen MR) is 81.2 cm³/mol. The first kappa shape index (κ1) is 13.8. The molecule has 6 heteroatoms. The van der Waals surface area contributed by atoms with E-state index in [9.17, 15) is 14.9 Å². The minimum absolute atomic E-state index is 0.101. The lowest BCUT2D eigenvalue weighted by Crippen LogP contribution is -2.41. The van der Waals surface area contributed by atoms with Gasteiger partial charge < -0.3 is 0 Å². The Balaban J connectivity index is 2.16. The fourth-order valence-electron chi connectivity index (χ4n) is 2.66. The first-order valence-electron chi connectivity index (χ1n) is 6.63. The molecule has 0 unspecified atom stereocenters. The maximum atomic E-state index is 12.4. The van der Waals surface area contributed by atoms with Crippen molar-refractivity contribution in [3.8, 4) is 6.07 Å². The van der Waals surface area contributed by atoms with Gasteiger partial charge in [-0.05, 0) is 30.5 Å². The topological polar surface area (TPSA) is 67.8 Å². The monoisotopic (exact) mass is 345 g/mol. The third-order valence-corrected chi connectivity index (χ3v) is 4.22. The molecule has 5 nitrogen and oxygen atoms in total. The third kappa shape index (κ3) is 2.34. The van der Waals surface area contributed by atoms with Crippen molar-refractivity contribution in [2.45, 2.75) is 25.9 Å². The number of aromatic nitrogens is 2. The maximum Gasteiger partial charge on any atom is 0.331 e. The van der Waals surface area contributed by atoms with E-state index in [2.05, 4.69) is 15.9 Å². The van der Waals surface area contributed by atoms with Gasteiger partial charge in [-0.2, -0.15) is 5.26 Å². The Labute approximate surface area is 129 Å². The fraction of sp³-hybridized carbons (Fsp3) is 0.267. The van der Waals surface area contributed by atoms with Crippen molar-refractivity contribution >= 4 is 15.9 Å². The van der Waals surface area contributed by atoms with E-state index in [4.69, 9.17) is 0 Å². The zero-order valence-corrected chi connectivity index (χ0v) is 12.8. The minimum atomic E-state index is -0.487. The molecule has 2 aromatic rings. The smallest absolute Gasteiger partial charge is 0.296 e. The van der Waals surface area contributed by atoms with Crippen LogP contribution in [0.3, 0.4) is 0 Å². The Morgan fingerprint density at radius 3 is 2.62 bits per heavy atom. The third-order valence-electron chi connectivity index (χ3n) is 3.70. The molecule has 1 aromatic heterocycles. The number of nitrogens with zero attached hydrogens (tertiary/aromatic N) is 3. The second-order valence-corrected chi connectivity index (χ2v) is 5.90. The highest BCUT2D eigenvalue weighted by Crippen LogP contribution is 2.14. The normalized spacial score (nSPS) is 13.0. The van der Waals surface area contributed by atoms with Crippen molar-refractivity contribution in [3.63, 3.8) is 0 Å². The van der Waals surface area contributed by atoms with Gasteiger partial charge in [0.15, 0.2) is 0 Å². The lowest BCUT2D eigenvalue weighted by atomic mass is 10.2. The van der Waals surface area contributed by atoms with E-state index >= 15 is 0 Å². The average molecular weight is 346 g/mol. The number of rotatable bonds is 2. The van der Waals surface area contributed by atoms with E-state index in [1.54, 1.807) is 4.57 Å². The summed E-state index contributed by atoms with van der Waals surface area (Å²) >= 11 is 3.35. The minimum Gasteiger partial charge on any atom is -0.296 e. The summed E-state index contributed by atoms with van der Waals surface area (Å²) in [6, 6.07) is 9.37. The molecule has 0 radical (unpaired) electrons. The first-order chi connectivity index (χ1) is 10.1. The van der Waals surface area contributed by atoms with E-state index in [1.807, 2.05) is 30.3 Å². The molecule has 0 spiro atoms. The van der Waals surface area contributed by atoms with Gasteiger partial charge in [0.05, 0.1) is 6.54 Å². The first-order valence-corrected chi connectivity index (χ1v) is 7.42. The van der Waals surface area contributed by atoms with Crippen LogP contribution in [-0.2, 0) is 19.5 Å². The van der Waals surface area contributed by atoms with Crippen LogP contribution in [0.25, 0.3) is 0 Å². The molecule has 0 bridgehead atoms. The zero-order chi connectivity index (χ0) is 15.0. The van der Waals surface area contributed by atoms with Crippen molar-refractivity contribution in [1.29, 1.82) is 5.26 Å². The number of hydrogen-bond acceptors (Lipinski definition) is 3. The Morgan fingerprint density at radius 1 is 1.24 bits per heavy atom. The summed E-state index contributed by atoms with van der Waals surface area (Å²) in [5.41, 5.74) is 0.719. The molecule has 1 aliphatic heterocycles. The summed E-state index contributed by atoms with van der Waals surface area (Å²) in [6.45, 7) is 0.753. The Kier molecular flexibility index (Phi) is 3.52. The van der Waals surface area contributed by atoms with Gasteiger partial charge in [0.1, 0.15) is 11.6 Å². The molecule has 1 aromatic carbocycles. The molecule has 0 amide bonds. The van der Waals surface area contributed by atoms with Crippen molar-refractivity contribution in [1.82, 2.24) is 9.13 Å². The lowest BCUT2D eigenvalue weighted by Gasteiger charge is -2.11. The molecular formula is C15H12BrN3O2. The maximum absolute atomic E-state index is 12.4. The van der Waals surface area contributed by atoms with Crippen molar-refractivity contribution in [2.75, 3.05) is 0 Å². The largest absolute Gasteiger partial charge is 0.331 e. The number of halogens is 1. The van der Waals surface area contributed by atoms with Crippen LogP contribution < -0.4 is 11.2 Å². The molecule has 0 saturated carbocycles. The summed E-state index contributed by atoms with van der Waals surface area (Å²) in [6.07, 6.45) is 1.41. The molecule has 2 heterocycles. The van der Waals surface area contributed by atoms with E-state index in [0.717, 1.165) is 21.0 Å². The SMILES string of the molecule is N#Cc1c2n(c(=O)n(Cc3ccc(Br)cc3)c1=O)CCC2. The zero-order valence-electron chi connectivity index (χ0n) is 11.2. The van der Waals surface area contributed by atoms with Gasteiger partial charge in [-0.25, -0.2) is 4.79 Å².